The molecule has 2 aromatic carbocycles. The van der Waals surface area contributed by atoms with E-state index in [1.54, 1.807) is 0 Å². The van der Waals surface area contributed by atoms with Crippen LogP contribution in [0.1, 0.15) is 40.6 Å². The van der Waals surface area contributed by atoms with Gasteiger partial charge in [-0.3, -0.25) is 4.79 Å². The molecule has 1 atom stereocenters. The van der Waals surface area contributed by atoms with Crippen LogP contribution in [0.4, 0.5) is 0 Å². The number of likely N-dealkylation sites (tertiary alicyclic amines) is 1. The Morgan fingerprint density at radius 3 is 2.42 bits per heavy atom. The molecular formula is C23H27N5O2S. The van der Waals surface area contributed by atoms with E-state index in [2.05, 4.69) is 10.2 Å². The Hall–Kier alpha value is -3.00. The molecule has 1 aromatic heterocycles. The molecule has 3 aromatic rings. The van der Waals surface area contributed by atoms with E-state index in [1.165, 1.54) is 16.4 Å². The number of hydrogen-bond acceptors (Lipinski definition) is 6. The van der Waals surface area contributed by atoms with Gasteiger partial charge in [0.1, 0.15) is 17.6 Å². The fourth-order valence-corrected chi connectivity index (χ4v) is 4.81. The van der Waals surface area contributed by atoms with Gasteiger partial charge in [-0.1, -0.05) is 60.3 Å². The summed E-state index contributed by atoms with van der Waals surface area (Å²) in [5.74, 6) is 7.71. The fourth-order valence-electron chi connectivity index (χ4n) is 3.75. The molecule has 8 heteroatoms. The number of rotatable bonds is 7. The van der Waals surface area contributed by atoms with Gasteiger partial charge in [0.05, 0.1) is 0 Å². The number of thioether (sulfide) groups is 1. The molecule has 0 aliphatic carbocycles. The smallest absolute Gasteiger partial charge is 0.240 e. The minimum Gasteiger partial charge on any atom is -0.485 e. The van der Waals surface area contributed by atoms with Gasteiger partial charge in [-0.25, -0.2) is 4.68 Å². The highest BCUT2D eigenvalue weighted by Crippen LogP contribution is 2.36. The van der Waals surface area contributed by atoms with Gasteiger partial charge in [-0.05, 0) is 43.4 Å². The average molecular weight is 438 g/mol. The predicted octanol–water partition coefficient (Wildman–Crippen LogP) is 3.64. The number of amides is 1. The molecule has 1 amide bonds. The Balaban J connectivity index is 1.53. The Bertz CT molecular complexity index is 1030. The SMILES string of the molecule is Cc1cccc(C)c1OCc1nnc(SC(C(=O)N2CCCC2)c2ccccc2)n1N. The van der Waals surface area contributed by atoms with E-state index in [0.29, 0.717) is 11.0 Å². The average Bonchev–Trinajstić information content (AvgIpc) is 3.43. The van der Waals surface area contributed by atoms with Gasteiger partial charge in [0.25, 0.3) is 0 Å². The second kappa shape index (κ2) is 9.43. The predicted molar refractivity (Wildman–Crippen MR) is 121 cm³/mol. The van der Waals surface area contributed by atoms with Gasteiger partial charge < -0.3 is 15.5 Å². The summed E-state index contributed by atoms with van der Waals surface area (Å²) in [6.45, 7) is 5.81. The molecule has 0 saturated carbocycles. The molecular weight excluding hydrogens is 410 g/mol. The van der Waals surface area contributed by atoms with Gasteiger partial charge >= 0.3 is 0 Å². The highest BCUT2D eigenvalue weighted by Gasteiger charge is 2.30. The van der Waals surface area contributed by atoms with E-state index in [1.807, 2.05) is 67.3 Å². The molecule has 2 heterocycles. The molecule has 2 N–H and O–H groups in total. The summed E-state index contributed by atoms with van der Waals surface area (Å²) in [5, 5.41) is 8.53. The van der Waals surface area contributed by atoms with Crippen LogP contribution in [0.2, 0.25) is 0 Å². The van der Waals surface area contributed by atoms with Crippen molar-refractivity contribution in [2.24, 2.45) is 0 Å². The molecule has 162 valence electrons. The zero-order chi connectivity index (χ0) is 21.8. The largest absolute Gasteiger partial charge is 0.485 e. The van der Waals surface area contributed by atoms with Crippen molar-refractivity contribution in [1.29, 1.82) is 0 Å². The lowest BCUT2D eigenvalue weighted by Gasteiger charge is -2.22. The van der Waals surface area contributed by atoms with Crippen molar-refractivity contribution < 1.29 is 9.53 Å². The number of para-hydroxylation sites is 1. The van der Waals surface area contributed by atoms with Gasteiger partial charge in [-0.15, -0.1) is 10.2 Å². The molecule has 1 fully saturated rings. The fraction of sp³-hybridized carbons (Fsp3) is 0.348. The molecule has 0 radical (unpaired) electrons. The molecule has 7 nitrogen and oxygen atoms in total. The number of nitrogen functional groups attached to an aromatic ring is 1. The summed E-state index contributed by atoms with van der Waals surface area (Å²) in [6, 6.07) is 15.8. The number of benzene rings is 2. The lowest BCUT2D eigenvalue weighted by Crippen LogP contribution is -2.31. The van der Waals surface area contributed by atoms with Crippen molar-refractivity contribution in [2.45, 2.75) is 43.7 Å². The topological polar surface area (TPSA) is 86.3 Å². The molecule has 1 aliphatic heterocycles. The van der Waals surface area contributed by atoms with E-state index in [-0.39, 0.29) is 12.5 Å². The Labute approximate surface area is 186 Å². The van der Waals surface area contributed by atoms with Crippen LogP contribution in [-0.2, 0) is 11.4 Å². The third-order valence-electron chi connectivity index (χ3n) is 5.46. The number of carbonyl (C=O) groups excluding carboxylic acids is 1. The lowest BCUT2D eigenvalue weighted by molar-refractivity contribution is -0.129. The first kappa shape index (κ1) is 21.2. The Morgan fingerprint density at radius 2 is 1.74 bits per heavy atom. The second-order valence-electron chi connectivity index (χ2n) is 7.72. The molecule has 0 bridgehead atoms. The van der Waals surface area contributed by atoms with E-state index < -0.39 is 5.25 Å². The van der Waals surface area contributed by atoms with Crippen molar-refractivity contribution in [1.82, 2.24) is 19.8 Å². The number of nitrogens with zero attached hydrogens (tertiary/aromatic N) is 4. The lowest BCUT2D eigenvalue weighted by atomic mass is 10.1. The van der Waals surface area contributed by atoms with Crippen molar-refractivity contribution in [3.63, 3.8) is 0 Å². The third kappa shape index (κ3) is 4.69. The van der Waals surface area contributed by atoms with Crippen molar-refractivity contribution in [3.05, 3.63) is 71.0 Å². The summed E-state index contributed by atoms with van der Waals surface area (Å²) < 4.78 is 7.40. The zero-order valence-corrected chi connectivity index (χ0v) is 18.6. The molecule has 1 saturated heterocycles. The van der Waals surface area contributed by atoms with Crippen LogP contribution < -0.4 is 10.6 Å². The van der Waals surface area contributed by atoms with E-state index in [9.17, 15) is 4.79 Å². The first-order chi connectivity index (χ1) is 15.0. The van der Waals surface area contributed by atoms with Crippen LogP contribution in [0.25, 0.3) is 0 Å². The zero-order valence-electron chi connectivity index (χ0n) is 17.8. The van der Waals surface area contributed by atoms with Crippen molar-refractivity contribution in [3.8, 4) is 5.75 Å². The van der Waals surface area contributed by atoms with Gasteiger partial charge in [-0.2, -0.15) is 0 Å². The highest BCUT2D eigenvalue weighted by molar-refractivity contribution is 8.00. The number of aryl methyl sites for hydroxylation is 2. The maximum absolute atomic E-state index is 13.2. The molecule has 1 unspecified atom stereocenters. The second-order valence-corrected chi connectivity index (χ2v) is 8.79. The Kier molecular flexibility index (Phi) is 6.46. The monoisotopic (exact) mass is 437 g/mol. The summed E-state index contributed by atoms with van der Waals surface area (Å²) in [5.41, 5.74) is 3.04. The first-order valence-electron chi connectivity index (χ1n) is 10.4. The Morgan fingerprint density at radius 1 is 1.06 bits per heavy atom. The number of carbonyl (C=O) groups is 1. The maximum Gasteiger partial charge on any atom is 0.240 e. The van der Waals surface area contributed by atoms with Gasteiger partial charge in [0.15, 0.2) is 5.82 Å². The maximum atomic E-state index is 13.2. The van der Waals surface area contributed by atoms with Crippen LogP contribution in [0, 0.1) is 13.8 Å². The number of aromatic nitrogens is 3. The van der Waals surface area contributed by atoms with E-state index >= 15 is 0 Å². The number of nitrogens with two attached hydrogens (primary N) is 1. The van der Waals surface area contributed by atoms with Crippen LogP contribution >= 0.6 is 11.8 Å². The first-order valence-corrected chi connectivity index (χ1v) is 11.3. The van der Waals surface area contributed by atoms with Gasteiger partial charge in [0, 0.05) is 13.1 Å². The third-order valence-corrected chi connectivity index (χ3v) is 6.66. The molecule has 31 heavy (non-hydrogen) atoms. The quantitative estimate of drug-likeness (QED) is 0.449. The van der Waals surface area contributed by atoms with Crippen molar-refractivity contribution in [2.75, 3.05) is 18.9 Å². The van der Waals surface area contributed by atoms with Crippen LogP contribution in [0.3, 0.4) is 0 Å². The number of ether oxygens (including phenoxy) is 1. The minimum absolute atomic E-state index is 0.0880. The summed E-state index contributed by atoms with van der Waals surface area (Å²) in [7, 11) is 0. The summed E-state index contributed by atoms with van der Waals surface area (Å²) >= 11 is 1.33. The molecule has 1 aliphatic rings. The van der Waals surface area contributed by atoms with Gasteiger partial charge in [0.2, 0.25) is 11.1 Å². The molecule has 4 rings (SSSR count). The minimum atomic E-state index is -0.418. The van der Waals surface area contributed by atoms with Crippen LogP contribution in [-0.4, -0.2) is 38.8 Å². The normalized spacial score (nSPS) is 14.6. The summed E-state index contributed by atoms with van der Waals surface area (Å²) in [6.07, 6.45) is 2.09. The summed E-state index contributed by atoms with van der Waals surface area (Å²) in [4.78, 5) is 15.2. The van der Waals surface area contributed by atoms with Crippen LogP contribution in [0.5, 0.6) is 5.75 Å². The number of hydrogen-bond donors (Lipinski definition) is 1. The van der Waals surface area contributed by atoms with Crippen molar-refractivity contribution >= 4 is 17.7 Å². The standard InChI is InChI=1S/C23H27N5O2S/c1-16-9-8-10-17(2)20(16)30-15-19-25-26-23(28(19)24)31-21(18-11-4-3-5-12-18)22(29)27-13-6-7-14-27/h3-5,8-12,21H,6-7,13-15,24H2,1-2H3. The van der Waals surface area contributed by atoms with E-state index in [0.717, 1.165) is 48.4 Å². The van der Waals surface area contributed by atoms with Crippen LogP contribution in [0.15, 0.2) is 53.7 Å². The van der Waals surface area contributed by atoms with E-state index in [4.69, 9.17) is 10.6 Å². The highest BCUT2D eigenvalue weighted by atomic mass is 32.2. The molecule has 0 spiro atoms.